The van der Waals surface area contributed by atoms with Crippen LogP contribution in [0.25, 0.3) is 39.4 Å². The molecule has 1 N–H and O–H groups in total. The van der Waals surface area contributed by atoms with Crippen LogP contribution in [0.4, 0.5) is 30.7 Å². The molecule has 0 radical (unpaired) electrons. The zero-order chi connectivity index (χ0) is 34.5. The van der Waals surface area contributed by atoms with Gasteiger partial charge in [-0.15, -0.1) is 13.2 Å². The number of halogens is 7. The van der Waals surface area contributed by atoms with Crippen molar-refractivity contribution in [3.63, 3.8) is 0 Å². The summed E-state index contributed by atoms with van der Waals surface area (Å²) in [6.45, 7) is 2.31. The Morgan fingerprint density at radius 1 is 0.915 bits per heavy atom. The van der Waals surface area contributed by atoms with Crippen LogP contribution in [0.15, 0.2) is 70.1 Å². The van der Waals surface area contributed by atoms with E-state index in [2.05, 4.69) is 14.7 Å². The Bertz CT molecular complexity index is 2070. The van der Waals surface area contributed by atoms with E-state index in [-0.39, 0.29) is 68.0 Å². The van der Waals surface area contributed by atoms with Crippen molar-refractivity contribution in [3.8, 4) is 45.1 Å². The number of oxazole rings is 1. The van der Waals surface area contributed by atoms with Crippen LogP contribution in [0, 0.1) is 19.7 Å². The smallest absolute Gasteiger partial charge is 0.440 e. The fourth-order valence-electron chi connectivity index (χ4n) is 5.05. The van der Waals surface area contributed by atoms with E-state index in [9.17, 15) is 39.9 Å². The molecule has 0 spiro atoms. The van der Waals surface area contributed by atoms with Crippen LogP contribution in [0.1, 0.15) is 23.0 Å². The number of aryl methyl sites for hydroxylation is 2. The minimum Gasteiger partial charge on any atom is -0.440 e. The quantitative estimate of drug-likeness (QED) is 0.169. The van der Waals surface area contributed by atoms with Crippen molar-refractivity contribution in [3.05, 3.63) is 89.6 Å². The fourth-order valence-corrected chi connectivity index (χ4v) is 6.03. The molecule has 2 heterocycles. The van der Waals surface area contributed by atoms with Crippen molar-refractivity contribution >= 4 is 9.84 Å². The predicted octanol–water partition coefficient (Wildman–Crippen LogP) is 7.47. The Hall–Kier alpha value is -4.70. The number of ether oxygens (including phenoxy) is 1. The van der Waals surface area contributed by atoms with Crippen molar-refractivity contribution in [2.75, 3.05) is 12.9 Å². The van der Waals surface area contributed by atoms with Crippen LogP contribution in [0.3, 0.4) is 0 Å². The van der Waals surface area contributed by atoms with Gasteiger partial charge in [-0.3, -0.25) is 0 Å². The van der Waals surface area contributed by atoms with Gasteiger partial charge in [-0.25, -0.2) is 22.8 Å². The maximum atomic E-state index is 15.3. The molecule has 3 aromatic carbocycles. The van der Waals surface area contributed by atoms with Crippen molar-refractivity contribution in [2.24, 2.45) is 0 Å². The first-order valence-corrected chi connectivity index (χ1v) is 15.5. The number of rotatable bonds is 8. The molecule has 248 valence electrons. The van der Waals surface area contributed by atoms with Gasteiger partial charge < -0.3 is 18.8 Å². The van der Waals surface area contributed by atoms with Crippen LogP contribution in [0.5, 0.6) is 5.75 Å². The molecular formula is C31H24F7N3O5S. The summed E-state index contributed by atoms with van der Waals surface area (Å²) in [4.78, 5) is 7.70. The molecule has 5 aromatic rings. The first-order valence-electron chi connectivity index (χ1n) is 13.6. The van der Waals surface area contributed by atoms with E-state index in [1.807, 2.05) is 0 Å². The van der Waals surface area contributed by atoms with Gasteiger partial charge in [0, 0.05) is 42.7 Å². The Balaban J connectivity index is 1.75. The molecule has 0 bridgehead atoms. The molecule has 0 amide bonds. The van der Waals surface area contributed by atoms with Gasteiger partial charge in [0.25, 0.3) is 0 Å². The summed E-state index contributed by atoms with van der Waals surface area (Å²) in [7, 11) is -3.97. The number of hydrogen-bond donors (Lipinski definition) is 1. The van der Waals surface area contributed by atoms with Crippen LogP contribution in [-0.2, 0) is 22.4 Å². The standard InChI is InChI=1S/C31H24F7N3O5S/c1-16-39-27(30(33,34)35)15-41(16)25-9-6-19(20-13-24(32)22(10-11-42)26(14-20)47(3,43)44)12-23(25)28-29(45-17(2)40-28)18-4-7-21(8-5-18)46-31(36,37)38/h4-9,12-15,42H,10-11H2,1-3H3. The second-order valence-corrected chi connectivity index (χ2v) is 12.4. The zero-order valence-electron chi connectivity index (χ0n) is 24.7. The lowest BCUT2D eigenvalue weighted by atomic mass is 9.96. The molecule has 5 rings (SSSR count). The van der Waals surface area contributed by atoms with Gasteiger partial charge in [0.05, 0.1) is 10.6 Å². The molecule has 16 heteroatoms. The number of benzene rings is 3. The molecule has 0 fully saturated rings. The fraction of sp³-hybridized carbons (Fsp3) is 0.226. The highest BCUT2D eigenvalue weighted by atomic mass is 32.2. The number of aliphatic hydroxyl groups excluding tert-OH is 1. The monoisotopic (exact) mass is 683 g/mol. The third-order valence-corrected chi connectivity index (χ3v) is 8.18. The average Bonchev–Trinajstić information content (AvgIpc) is 3.55. The molecule has 0 aliphatic heterocycles. The van der Waals surface area contributed by atoms with Crippen LogP contribution in [0.2, 0.25) is 0 Å². The molecule has 0 saturated heterocycles. The van der Waals surface area contributed by atoms with E-state index in [0.29, 0.717) is 0 Å². The first-order chi connectivity index (χ1) is 21.9. The summed E-state index contributed by atoms with van der Waals surface area (Å²) >= 11 is 0. The molecule has 0 aliphatic carbocycles. The Morgan fingerprint density at radius 2 is 1.57 bits per heavy atom. The SMILES string of the molecule is Cc1nc(-c2cc(-c3cc(F)c(CCO)c(S(C)(=O)=O)c3)ccc2-n2cc(C(F)(F)F)nc2C)c(-c2ccc(OC(F)(F)F)cc2)o1. The van der Waals surface area contributed by atoms with Crippen molar-refractivity contribution in [1.29, 1.82) is 0 Å². The second kappa shape index (κ2) is 12.2. The number of hydrogen-bond acceptors (Lipinski definition) is 7. The minimum absolute atomic E-state index is 0.0366. The van der Waals surface area contributed by atoms with Gasteiger partial charge in [-0.1, -0.05) is 6.07 Å². The number of sulfone groups is 1. The van der Waals surface area contributed by atoms with Gasteiger partial charge in [-0.2, -0.15) is 13.2 Å². The van der Waals surface area contributed by atoms with E-state index in [0.717, 1.165) is 35.2 Å². The molecule has 0 saturated carbocycles. The van der Waals surface area contributed by atoms with Crippen molar-refractivity contribution < 1.29 is 53.4 Å². The van der Waals surface area contributed by atoms with E-state index in [4.69, 9.17) is 4.42 Å². The summed E-state index contributed by atoms with van der Waals surface area (Å²) < 4.78 is 130. The molecule has 8 nitrogen and oxygen atoms in total. The second-order valence-electron chi connectivity index (χ2n) is 10.4. The number of imidazole rings is 1. The van der Waals surface area contributed by atoms with Gasteiger partial charge >= 0.3 is 12.5 Å². The highest BCUT2D eigenvalue weighted by Crippen LogP contribution is 2.40. The highest BCUT2D eigenvalue weighted by molar-refractivity contribution is 7.90. The van der Waals surface area contributed by atoms with Crippen molar-refractivity contribution in [2.45, 2.75) is 37.7 Å². The average molecular weight is 684 g/mol. The molecule has 0 unspecified atom stereocenters. The maximum Gasteiger partial charge on any atom is 0.573 e. The Kier molecular flexibility index (Phi) is 8.70. The molecule has 0 atom stereocenters. The van der Waals surface area contributed by atoms with E-state index in [1.165, 1.54) is 50.2 Å². The topological polar surface area (TPSA) is 107 Å². The Labute approximate surface area is 263 Å². The van der Waals surface area contributed by atoms with E-state index >= 15 is 4.39 Å². The lowest BCUT2D eigenvalue weighted by Gasteiger charge is -2.16. The largest absolute Gasteiger partial charge is 0.573 e. The van der Waals surface area contributed by atoms with Crippen LogP contribution >= 0.6 is 0 Å². The third kappa shape index (κ3) is 7.17. The summed E-state index contributed by atoms with van der Waals surface area (Å²) in [6, 6.07) is 11.2. The Morgan fingerprint density at radius 3 is 2.15 bits per heavy atom. The molecule has 47 heavy (non-hydrogen) atoms. The highest BCUT2D eigenvalue weighted by Gasteiger charge is 2.35. The number of aromatic nitrogens is 3. The van der Waals surface area contributed by atoms with Gasteiger partial charge in [0.2, 0.25) is 0 Å². The molecule has 2 aromatic heterocycles. The van der Waals surface area contributed by atoms with Crippen molar-refractivity contribution in [1.82, 2.24) is 14.5 Å². The summed E-state index contributed by atoms with van der Waals surface area (Å²) in [5.74, 6) is -1.33. The van der Waals surface area contributed by atoms with E-state index < -0.39 is 46.2 Å². The lowest BCUT2D eigenvalue weighted by molar-refractivity contribution is -0.274. The maximum absolute atomic E-state index is 15.3. The van der Waals surface area contributed by atoms with Crippen LogP contribution < -0.4 is 4.74 Å². The zero-order valence-corrected chi connectivity index (χ0v) is 25.5. The van der Waals surface area contributed by atoms with Gasteiger partial charge in [0.15, 0.2) is 27.2 Å². The van der Waals surface area contributed by atoms with E-state index in [1.54, 1.807) is 0 Å². The van der Waals surface area contributed by atoms with Gasteiger partial charge in [-0.05, 0) is 73.0 Å². The molecular weight excluding hydrogens is 659 g/mol. The summed E-state index contributed by atoms with van der Waals surface area (Å²) in [5.41, 5.74) is -0.502. The van der Waals surface area contributed by atoms with Crippen LogP contribution in [-0.4, -0.2) is 47.3 Å². The first kappa shape index (κ1) is 33.7. The number of aliphatic hydroxyl groups is 1. The normalized spacial score (nSPS) is 12.5. The number of alkyl halides is 6. The van der Waals surface area contributed by atoms with Gasteiger partial charge in [0.1, 0.15) is 23.1 Å². The summed E-state index contributed by atoms with van der Waals surface area (Å²) in [5, 5.41) is 9.37. The summed E-state index contributed by atoms with van der Waals surface area (Å²) in [6.07, 6.45) is -8.32. The number of nitrogens with zero attached hydrogens (tertiary/aromatic N) is 3. The predicted molar refractivity (Wildman–Crippen MR) is 155 cm³/mol. The lowest BCUT2D eigenvalue weighted by Crippen LogP contribution is -2.16. The minimum atomic E-state index is -4.94. The molecule has 0 aliphatic rings. The third-order valence-electron chi connectivity index (χ3n) is 7.02.